The molecule has 0 aliphatic carbocycles. The Morgan fingerprint density at radius 1 is 1.17 bits per heavy atom. The van der Waals surface area contributed by atoms with E-state index in [1.54, 1.807) is 11.3 Å². The molecule has 1 unspecified atom stereocenters. The van der Waals surface area contributed by atoms with Crippen LogP contribution >= 0.6 is 11.3 Å². The summed E-state index contributed by atoms with van der Waals surface area (Å²) in [5.41, 5.74) is 2.58. The van der Waals surface area contributed by atoms with Crippen molar-refractivity contribution in [3.63, 3.8) is 0 Å². The van der Waals surface area contributed by atoms with Crippen LogP contribution in [0.2, 0.25) is 0 Å². The Hall–Kier alpha value is -1.19. The Labute approximate surface area is 112 Å². The average Bonchev–Trinajstić information content (AvgIpc) is 2.90. The Bertz CT molecular complexity index is 450. The molecule has 0 saturated carbocycles. The number of aryl methyl sites for hydroxylation is 1. The van der Waals surface area contributed by atoms with Crippen LogP contribution < -0.4 is 5.32 Å². The summed E-state index contributed by atoms with van der Waals surface area (Å²) < 4.78 is 12.8. The highest BCUT2D eigenvalue weighted by Crippen LogP contribution is 2.13. The van der Waals surface area contributed by atoms with E-state index in [0.717, 1.165) is 19.3 Å². The van der Waals surface area contributed by atoms with Crippen LogP contribution in [-0.2, 0) is 12.8 Å². The van der Waals surface area contributed by atoms with Crippen LogP contribution in [0.3, 0.4) is 0 Å². The molecule has 0 radical (unpaired) electrons. The largest absolute Gasteiger partial charge is 0.317 e. The molecule has 1 nitrogen and oxygen atoms in total. The van der Waals surface area contributed by atoms with Crippen LogP contribution in [-0.4, -0.2) is 13.1 Å². The highest BCUT2D eigenvalue weighted by molar-refractivity contribution is 7.07. The molecular formula is C15H18FNS. The smallest absolute Gasteiger partial charge is 0.123 e. The van der Waals surface area contributed by atoms with Crippen LogP contribution in [0, 0.1) is 5.82 Å². The van der Waals surface area contributed by atoms with Gasteiger partial charge in [0.05, 0.1) is 0 Å². The van der Waals surface area contributed by atoms with Gasteiger partial charge in [-0.15, -0.1) is 0 Å². The maximum atomic E-state index is 12.8. The second kappa shape index (κ2) is 6.66. The third-order valence-electron chi connectivity index (χ3n) is 3.17. The molecule has 1 N–H and O–H groups in total. The first-order valence-electron chi connectivity index (χ1n) is 6.20. The minimum absolute atomic E-state index is 0.168. The molecule has 2 aromatic rings. The van der Waals surface area contributed by atoms with E-state index in [-0.39, 0.29) is 5.82 Å². The van der Waals surface area contributed by atoms with Crippen LogP contribution in [0.25, 0.3) is 0 Å². The molecular weight excluding hydrogens is 245 g/mol. The molecule has 3 heteroatoms. The number of rotatable bonds is 6. The van der Waals surface area contributed by atoms with Gasteiger partial charge in [-0.05, 0) is 66.4 Å². The summed E-state index contributed by atoms with van der Waals surface area (Å²) in [5.74, 6) is -0.168. The van der Waals surface area contributed by atoms with Gasteiger partial charge in [0.25, 0.3) is 0 Å². The molecule has 0 aliphatic heterocycles. The van der Waals surface area contributed by atoms with Crippen molar-refractivity contribution in [2.24, 2.45) is 0 Å². The fourth-order valence-electron chi connectivity index (χ4n) is 2.03. The van der Waals surface area contributed by atoms with E-state index < -0.39 is 0 Å². The van der Waals surface area contributed by atoms with E-state index in [1.165, 1.54) is 23.3 Å². The van der Waals surface area contributed by atoms with Crippen molar-refractivity contribution >= 4 is 11.3 Å². The predicted octanol–water partition coefficient (Wildman–Crippen LogP) is 3.65. The van der Waals surface area contributed by atoms with E-state index in [0.29, 0.717) is 6.04 Å². The molecule has 1 atom stereocenters. The van der Waals surface area contributed by atoms with Gasteiger partial charge < -0.3 is 5.32 Å². The molecule has 1 heterocycles. The lowest BCUT2D eigenvalue weighted by molar-refractivity contribution is 0.520. The molecule has 0 amide bonds. The second-order valence-electron chi connectivity index (χ2n) is 4.49. The van der Waals surface area contributed by atoms with E-state index in [9.17, 15) is 4.39 Å². The Morgan fingerprint density at radius 3 is 2.56 bits per heavy atom. The van der Waals surface area contributed by atoms with Crippen LogP contribution in [0.5, 0.6) is 0 Å². The van der Waals surface area contributed by atoms with Crippen LogP contribution in [0.15, 0.2) is 41.1 Å². The van der Waals surface area contributed by atoms with Gasteiger partial charge in [0, 0.05) is 6.04 Å². The first-order chi connectivity index (χ1) is 8.78. The molecule has 0 fully saturated rings. The third-order valence-corrected chi connectivity index (χ3v) is 3.90. The highest BCUT2D eigenvalue weighted by atomic mass is 32.1. The summed E-state index contributed by atoms with van der Waals surface area (Å²) in [6.45, 7) is 0. The summed E-state index contributed by atoms with van der Waals surface area (Å²) in [4.78, 5) is 0. The van der Waals surface area contributed by atoms with Crippen LogP contribution in [0.1, 0.15) is 17.5 Å². The van der Waals surface area contributed by atoms with Crippen molar-refractivity contribution in [1.82, 2.24) is 5.32 Å². The lowest BCUT2D eigenvalue weighted by Crippen LogP contribution is -2.28. The average molecular weight is 263 g/mol. The zero-order valence-corrected chi connectivity index (χ0v) is 11.3. The standard InChI is InChI=1S/C15H18FNS/c1-17-15(7-4-13-8-9-18-11-13)10-12-2-5-14(16)6-3-12/h2-3,5-6,8-9,11,15,17H,4,7,10H2,1H3. The van der Waals surface area contributed by atoms with Gasteiger partial charge in [-0.1, -0.05) is 12.1 Å². The summed E-state index contributed by atoms with van der Waals surface area (Å²) >= 11 is 1.74. The summed E-state index contributed by atoms with van der Waals surface area (Å²) in [5, 5.41) is 7.65. The lowest BCUT2D eigenvalue weighted by atomic mass is 10.0. The number of nitrogens with one attached hydrogen (secondary N) is 1. The Balaban J connectivity index is 1.87. The van der Waals surface area contributed by atoms with E-state index in [4.69, 9.17) is 0 Å². The molecule has 0 spiro atoms. The zero-order chi connectivity index (χ0) is 12.8. The fourth-order valence-corrected chi connectivity index (χ4v) is 2.73. The Kier molecular flexibility index (Phi) is 4.90. The fraction of sp³-hybridized carbons (Fsp3) is 0.333. The quantitative estimate of drug-likeness (QED) is 0.839. The number of thiophene rings is 1. The van der Waals surface area contributed by atoms with Crippen molar-refractivity contribution in [3.05, 3.63) is 58.0 Å². The van der Waals surface area contributed by atoms with Crippen molar-refractivity contribution in [2.45, 2.75) is 25.3 Å². The van der Waals surface area contributed by atoms with Gasteiger partial charge in [-0.25, -0.2) is 4.39 Å². The first kappa shape index (κ1) is 13.2. The topological polar surface area (TPSA) is 12.0 Å². The molecule has 1 aromatic carbocycles. The minimum Gasteiger partial charge on any atom is -0.317 e. The molecule has 2 rings (SSSR count). The molecule has 0 bridgehead atoms. The number of hydrogen-bond acceptors (Lipinski definition) is 2. The SMILES string of the molecule is CNC(CCc1ccsc1)Cc1ccc(F)cc1. The molecule has 18 heavy (non-hydrogen) atoms. The van der Waals surface area contributed by atoms with Gasteiger partial charge in [-0.2, -0.15) is 11.3 Å². The Morgan fingerprint density at radius 2 is 1.94 bits per heavy atom. The number of benzene rings is 1. The number of halogens is 1. The van der Waals surface area contributed by atoms with E-state index in [1.807, 2.05) is 19.2 Å². The predicted molar refractivity (Wildman–Crippen MR) is 75.6 cm³/mol. The normalized spacial score (nSPS) is 12.6. The molecule has 0 saturated heterocycles. The van der Waals surface area contributed by atoms with Gasteiger partial charge in [0.15, 0.2) is 0 Å². The molecule has 1 aromatic heterocycles. The monoisotopic (exact) mass is 263 g/mol. The van der Waals surface area contributed by atoms with E-state index in [2.05, 4.69) is 22.1 Å². The van der Waals surface area contributed by atoms with Crippen molar-refractivity contribution in [1.29, 1.82) is 0 Å². The third kappa shape index (κ3) is 3.93. The van der Waals surface area contributed by atoms with Gasteiger partial charge in [0.1, 0.15) is 5.82 Å². The van der Waals surface area contributed by atoms with Gasteiger partial charge in [-0.3, -0.25) is 0 Å². The lowest BCUT2D eigenvalue weighted by Gasteiger charge is -2.15. The zero-order valence-electron chi connectivity index (χ0n) is 10.5. The summed E-state index contributed by atoms with van der Waals surface area (Å²) in [7, 11) is 1.99. The first-order valence-corrected chi connectivity index (χ1v) is 7.15. The second-order valence-corrected chi connectivity index (χ2v) is 5.27. The van der Waals surface area contributed by atoms with E-state index >= 15 is 0 Å². The van der Waals surface area contributed by atoms with Crippen molar-refractivity contribution < 1.29 is 4.39 Å². The van der Waals surface area contributed by atoms with Crippen molar-refractivity contribution in [2.75, 3.05) is 7.05 Å². The maximum Gasteiger partial charge on any atom is 0.123 e. The molecule has 0 aliphatic rings. The number of likely N-dealkylation sites (N-methyl/N-ethyl adjacent to an activating group) is 1. The molecule has 96 valence electrons. The maximum absolute atomic E-state index is 12.8. The van der Waals surface area contributed by atoms with Gasteiger partial charge in [0.2, 0.25) is 0 Å². The van der Waals surface area contributed by atoms with Crippen LogP contribution in [0.4, 0.5) is 4.39 Å². The van der Waals surface area contributed by atoms with Gasteiger partial charge >= 0.3 is 0 Å². The highest BCUT2D eigenvalue weighted by Gasteiger charge is 2.08. The summed E-state index contributed by atoms with van der Waals surface area (Å²) in [6, 6.07) is 9.40. The minimum atomic E-state index is -0.168. The summed E-state index contributed by atoms with van der Waals surface area (Å²) in [6.07, 6.45) is 3.14. The van der Waals surface area contributed by atoms with Crippen molar-refractivity contribution in [3.8, 4) is 0 Å². The number of hydrogen-bond donors (Lipinski definition) is 1.